The van der Waals surface area contributed by atoms with Gasteiger partial charge in [0.2, 0.25) is 0 Å². The summed E-state index contributed by atoms with van der Waals surface area (Å²) >= 11 is 0. The molecular formula is C22H22N2O3. The number of hydrogen-bond acceptors (Lipinski definition) is 3. The van der Waals surface area contributed by atoms with Crippen LogP contribution in [0.4, 0.5) is 0 Å². The molecule has 4 rings (SSSR count). The minimum Gasteiger partial charge on any atom is -0.348 e. The Morgan fingerprint density at radius 3 is 2.30 bits per heavy atom. The average Bonchev–Trinajstić information content (AvgIpc) is 3.14. The third-order valence-corrected chi connectivity index (χ3v) is 5.50. The Morgan fingerprint density at radius 1 is 0.889 bits per heavy atom. The first-order valence-corrected chi connectivity index (χ1v) is 9.28. The summed E-state index contributed by atoms with van der Waals surface area (Å²) in [4.78, 5) is 38.8. The highest BCUT2D eigenvalue weighted by Gasteiger charge is 2.36. The van der Waals surface area contributed by atoms with Gasteiger partial charge in [-0.3, -0.25) is 19.3 Å². The predicted molar refractivity (Wildman–Crippen MR) is 102 cm³/mol. The highest BCUT2D eigenvalue weighted by molar-refractivity contribution is 6.21. The third kappa shape index (κ3) is 2.83. The van der Waals surface area contributed by atoms with Crippen LogP contribution in [0.2, 0.25) is 0 Å². The van der Waals surface area contributed by atoms with Crippen LogP contribution in [-0.2, 0) is 6.54 Å². The molecule has 2 aliphatic heterocycles. The van der Waals surface area contributed by atoms with E-state index in [4.69, 9.17) is 0 Å². The van der Waals surface area contributed by atoms with Crippen molar-refractivity contribution < 1.29 is 14.4 Å². The van der Waals surface area contributed by atoms with Crippen molar-refractivity contribution in [2.24, 2.45) is 0 Å². The van der Waals surface area contributed by atoms with E-state index in [1.165, 1.54) is 4.90 Å². The molecule has 1 N–H and O–H groups in total. The number of fused-ring (bicyclic) bond motifs is 2. The van der Waals surface area contributed by atoms with Crippen molar-refractivity contribution in [2.45, 2.75) is 39.2 Å². The Bertz CT molecular complexity index is 978. The molecule has 0 aromatic heterocycles. The maximum atomic E-state index is 12.8. The van der Waals surface area contributed by atoms with Gasteiger partial charge < -0.3 is 5.32 Å². The predicted octanol–water partition coefficient (Wildman–Crippen LogP) is 3.45. The average molecular weight is 362 g/mol. The minimum absolute atomic E-state index is 0.0597. The second-order valence-corrected chi connectivity index (χ2v) is 7.68. The number of nitrogens with zero attached hydrogens (tertiary/aromatic N) is 1. The van der Waals surface area contributed by atoms with Crippen LogP contribution in [0.5, 0.6) is 0 Å². The molecule has 0 saturated carbocycles. The lowest BCUT2D eigenvalue weighted by atomic mass is 9.96. The summed E-state index contributed by atoms with van der Waals surface area (Å²) in [6.45, 7) is 6.94. The largest absolute Gasteiger partial charge is 0.348 e. The van der Waals surface area contributed by atoms with Gasteiger partial charge >= 0.3 is 0 Å². The molecule has 0 radical (unpaired) electrons. The topological polar surface area (TPSA) is 66.5 Å². The monoisotopic (exact) mass is 362 g/mol. The van der Waals surface area contributed by atoms with Crippen molar-refractivity contribution in [2.75, 3.05) is 6.54 Å². The quantitative estimate of drug-likeness (QED) is 0.847. The van der Waals surface area contributed by atoms with Gasteiger partial charge in [0.1, 0.15) is 0 Å². The van der Waals surface area contributed by atoms with Gasteiger partial charge in [0.15, 0.2) is 0 Å². The van der Waals surface area contributed by atoms with E-state index in [-0.39, 0.29) is 23.6 Å². The second kappa shape index (κ2) is 6.34. The number of carbonyl (C=O) groups is 3. The van der Waals surface area contributed by atoms with Crippen LogP contribution in [0.3, 0.4) is 0 Å². The first-order valence-electron chi connectivity index (χ1n) is 9.28. The third-order valence-electron chi connectivity index (χ3n) is 5.50. The fourth-order valence-electron chi connectivity index (χ4n) is 3.75. The van der Waals surface area contributed by atoms with Crippen LogP contribution in [-0.4, -0.2) is 29.2 Å². The van der Waals surface area contributed by atoms with Crippen LogP contribution >= 0.6 is 0 Å². The Kier molecular flexibility index (Phi) is 4.10. The van der Waals surface area contributed by atoms with E-state index in [0.717, 1.165) is 16.7 Å². The lowest BCUT2D eigenvalue weighted by molar-refractivity contribution is 0.0646. The van der Waals surface area contributed by atoms with Crippen LogP contribution in [0.25, 0.3) is 0 Å². The summed E-state index contributed by atoms with van der Waals surface area (Å²) < 4.78 is 0. The number of benzene rings is 2. The number of hydrogen-bond donors (Lipinski definition) is 1. The fourth-order valence-corrected chi connectivity index (χ4v) is 3.75. The van der Waals surface area contributed by atoms with Crippen molar-refractivity contribution in [3.8, 4) is 0 Å². The number of imide groups is 1. The number of carbonyl (C=O) groups excluding carboxylic acids is 3. The number of rotatable bonds is 4. The molecule has 5 nitrogen and oxygen atoms in total. The minimum atomic E-state index is -0.240. The van der Waals surface area contributed by atoms with E-state index >= 15 is 0 Å². The summed E-state index contributed by atoms with van der Waals surface area (Å²) in [7, 11) is 0. The molecule has 2 aliphatic rings. The first kappa shape index (κ1) is 17.5. The van der Waals surface area contributed by atoms with Gasteiger partial charge in [0, 0.05) is 18.7 Å². The molecule has 0 unspecified atom stereocenters. The number of nitrogens with one attached hydrogen (secondary N) is 1. The Hall–Kier alpha value is -2.95. The van der Waals surface area contributed by atoms with E-state index in [1.807, 2.05) is 37.3 Å². The lowest BCUT2D eigenvalue weighted by Crippen LogP contribution is -2.33. The van der Waals surface area contributed by atoms with Crippen molar-refractivity contribution >= 4 is 17.7 Å². The van der Waals surface area contributed by atoms with E-state index in [2.05, 4.69) is 19.2 Å². The van der Waals surface area contributed by atoms with Gasteiger partial charge in [-0.25, -0.2) is 0 Å². The summed E-state index contributed by atoms with van der Waals surface area (Å²) in [5, 5.41) is 2.81. The molecule has 3 amide bonds. The Balaban J connectivity index is 1.58. The molecule has 2 aromatic carbocycles. The van der Waals surface area contributed by atoms with Crippen LogP contribution in [0, 0.1) is 0 Å². The van der Waals surface area contributed by atoms with E-state index in [1.54, 1.807) is 6.07 Å². The maximum Gasteiger partial charge on any atom is 0.261 e. The molecule has 27 heavy (non-hydrogen) atoms. The van der Waals surface area contributed by atoms with Gasteiger partial charge in [-0.1, -0.05) is 39.0 Å². The number of amides is 3. The van der Waals surface area contributed by atoms with E-state index < -0.39 is 0 Å². The molecule has 0 bridgehead atoms. The van der Waals surface area contributed by atoms with Crippen LogP contribution < -0.4 is 5.32 Å². The molecular weight excluding hydrogens is 340 g/mol. The summed E-state index contributed by atoms with van der Waals surface area (Å²) in [5.41, 5.74) is 4.64. The van der Waals surface area contributed by atoms with Crippen LogP contribution in [0.1, 0.15) is 80.4 Å². The SMILES string of the molecule is CC(C)c1ccc2c(c1)C(=O)N(C[C@@H](C)c1ccc3c(c1)C(=O)NC3)C2=O. The van der Waals surface area contributed by atoms with E-state index in [0.29, 0.717) is 35.7 Å². The molecule has 5 heteroatoms. The van der Waals surface area contributed by atoms with Gasteiger partial charge in [0.25, 0.3) is 17.7 Å². The van der Waals surface area contributed by atoms with Crippen molar-refractivity contribution in [3.05, 3.63) is 69.8 Å². The van der Waals surface area contributed by atoms with E-state index in [9.17, 15) is 14.4 Å². The van der Waals surface area contributed by atoms with Crippen LogP contribution in [0.15, 0.2) is 36.4 Å². The zero-order valence-corrected chi connectivity index (χ0v) is 15.7. The second-order valence-electron chi connectivity index (χ2n) is 7.68. The van der Waals surface area contributed by atoms with Gasteiger partial charge in [-0.05, 0) is 46.7 Å². The molecule has 0 aliphatic carbocycles. The van der Waals surface area contributed by atoms with Gasteiger partial charge in [-0.15, -0.1) is 0 Å². The highest BCUT2D eigenvalue weighted by Crippen LogP contribution is 2.30. The zero-order chi connectivity index (χ0) is 19.3. The molecule has 2 heterocycles. The Labute approximate surface area is 158 Å². The molecule has 2 aromatic rings. The fraction of sp³-hybridized carbons (Fsp3) is 0.318. The normalized spacial score (nSPS) is 16.6. The highest BCUT2D eigenvalue weighted by atomic mass is 16.2. The van der Waals surface area contributed by atoms with Crippen molar-refractivity contribution in [3.63, 3.8) is 0 Å². The lowest BCUT2D eigenvalue weighted by Gasteiger charge is -2.20. The van der Waals surface area contributed by atoms with Crippen molar-refractivity contribution in [1.29, 1.82) is 0 Å². The zero-order valence-electron chi connectivity index (χ0n) is 15.7. The summed E-state index contributed by atoms with van der Waals surface area (Å²) in [6.07, 6.45) is 0. The molecule has 1 atom stereocenters. The molecule has 0 fully saturated rings. The molecule has 0 saturated heterocycles. The summed E-state index contributed by atoms with van der Waals surface area (Å²) in [6, 6.07) is 11.3. The van der Waals surface area contributed by atoms with Gasteiger partial charge in [0.05, 0.1) is 11.1 Å². The Morgan fingerprint density at radius 2 is 1.56 bits per heavy atom. The molecule has 138 valence electrons. The first-order chi connectivity index (χ1) is 12.9. The van der Waals surface area contributed by atoms with Gasteiger partial charge in [-0.2, -0.15) is 0 Å². The summed E-state index contributed by atoms with van der Waals surface area (Å²) in [5.74, 6) is -0.306. The maximum absolute atomic E-state index is 12.8. The van der Waals surface area contributed by atoms with Crippen molar-refractivity contribution in [1.82, 2.24) is 10.2 Å². The standard InChI is InChI=1S/C22H22N2O3/c1-12(2)14-6-7-17-19(8-14)22(27)24(21(17)26)11-13(3)15-4-5-16-10-23-20(25)18(16)9-15/h4-9,12-13H,10-11H2,1-3H3,(H,23,25)/t13-/m1/s1. The smallest absolute Gasteiger partial charge is 0.261 e. The molecule has 0 spiro atoms.